The van der Waals surface area contributed by atoms with Crippen molar-refractivity contribution >= 4 is 17.4 Å². The first-order valence-corrected chi connectivity index (χ1v) is 8.37. The standard InChI is InChI=1S/C15H25N3O2S/c1-15(2,3)12-10-21-13(18-12)4-6-16-14(19)17-8-11-5-7-20-9-11/h10-11H,4-9H2,1-3H3,(H2,16,17,19). The first-order valence-electron chi connectivity index (χ1n) is 7.49. The summed E-state index contributed by atoms with van der Waals surface area (Å²) < 4.78 is 5.28. The van der Waals surface area contributed by atoms with Crippen LogP contribution in [0.1, 0.15) is 37.9 Å². The van der Waals surface area contributed by atoms with Crippen LogP contribution in [0.3, 0.4) is 0 Å². The number of carbonyl (C=O) groups excluding carboxylic acids is 1. The SMILES string of the molecule is CC(C)(C)c1csc(CCNC(=O)NCC2CCOC2)n1. The number of amides is 2. The number of rotatable bonds is 5. The van der Waals surface area contributed by atoms with Gasteiger partial charge in [0.2, 0.25) is 0 Å². The molecular weight excluding hydrogens is 286 g/mol. The number of nitrogens with one attached hydrogen (secondary N) is 2. The monoisotopic (exact) mass is 311 g/mol. The lowest BCUT2D eigenvalue weighted by molar-refractivity contribution is 0.185. The number of hydrogen-bond acceptors (Lipinski definition) is 4. The average molecular weight is 311 g/mol. The lowest BCUT2D eigenvalue weighted by atomic mass is 9.93. The molecule has 0 radical (unpaired) electrons. The quantitative estimate of drug-likeness (QED) is 0.877. The molecule has 1 aromatic heterocycles. The molecule has 1 unspecified atom stereocenters. The third-order valence-corrected chi connectivity index (χ3v) is 4.43. The predicted molar refractivity (Wildman–Crippen MR) is 84.8 cm³/mol. The van der Waals surface area contributed by atoms with E-state index in [1.54, 1.807) is 11.3 Å². The molecule has 1 aliphatic rings. The summed E-state index contributed by atoms with van der Waals surface area (Å²) in [6.07, 6.45) is 1.82. The van der Waals surface area contributed by atoms with E-state index in [2.05, 4.69) is 41.8 Å². The number of carbonyl (C=O) groups is 1. The second-order valence-corrected chi connectivity index (χ2v) is 7.44. The van der Waals surface area contributed by atoms with Crippen molar-refractivity contribution in [3.63, 3.8) is 0 Å². The van der Waals surface area contributed by atoms with Gasteiger partial charge in [-0.2, -0.15) is 0 Å². The number of urea groups is 1. The molecule has 2 amide bonds. The summed E-state index contributed by atoms with van der Waals surface area (Å²) >= 11 is 1.66. The van der Waals surface area contributed by atoms with Crippen LogP contribution in [0, 0.1) is 5.92 Å². The molecule has 118 valence electrons. The van der Waals surface area contributed by atoms with Crippen LogP contribution in [0.5, 0.6) is 0 Å². The lowest BCUT2D eigenvalue weighted by Crippen LogP contribution is -2.39. The minimum Gasteiger partial charge on any atom is -0.381 e. The molecule has 0 bridgehead atoms. The van der Waals surface area contributed by atoms with Gasteiger partial charge in [0.25, 0.3) is 0 Å². The summed E-state index contributed by atoms with van der Waals surface area (Å²) in [5.41, 5.74) is 1.20. The van der Waals surface area contributed by atoms with Crippen LogP contribution in [0.25, 0.3) is 0 Å². The highest BCUT2D eigenvalue weighted by molar-refractivity contribution is 7.09. The highest BCUT2D eigenvalue weighted by Gasteiger charge is 2.18. The molecule has 0 saturated carbocycles. The molecule has 2 heterocycles. The molecule has 21 heavy (non-hydrogen) atoms. The first kappa shape index (κ1) is 16.2. The second-order valence-electron chi connectivity index (χ2n) is 6.49. The average Bonchev–Trinajstić information content (AvgIpc) is 3.07. The maximum Gasteiger partial charge on any atom is 0.314 e. The van der Waals surface area contributed by atoms with Gasteiger partial charge in [-0.1, -0.05) is 20.8 Å². The largest absolute Gasteiger partial charge is 0.381 e. The Kier molecular flexibility index (Phi) is 5.58. The van der Waals surface area contributed by atoms with E-state index in [9.17, 15) is 4.79 Å². The first-order chi connectivity index (χ1) is 9.95. The van der Waals surface area contributed by atoms with Crippen molar-refractivity contribution in [2.45, 2.75) is 39.0 Å². The molecule has 1 aromatic rings. The number of hydrogen-bond donors (Lipinski definition) is 2. The molecule has 1 aliphatic heterocycles. The molecule has 1 atom stereocenters. The minimum absolute atomic E-state index is 0.0862. The Balaban J connectivity index is 1.64. The van der Waals surface area contributed by atoms with Gasteiger partial charge < -0.3 is 15.4 Å². The van der Waals surface area contributed by atoms with Gasteiger partial charge in [-0.3, -0.25) is 0 Å². The molecular formula is C15H25N3O2S. The van der Waals surface area contributed by atoms with E-state index in [1.807, 2.05) is 0 Å². The van der Waals surface area contributed by atoms with Crippen LogP contribution in [-0.2, 0) is 16.6 Å². The van der Waals surface area contributed by atoms with Crippen LogP contribution >= 0.6 is 11.3 Å². The van der Waals surface area contributed by atoms with E-state index in [-0.39, 0.29) is 11.4 Å². The lowest BCUT2D eigenvalue weighted by Gasteiger charge is -2.14. The molecule has 5 nitrogen and oxygen atoms in total. The summed E-state index contributed by atoms with van der Waals surface area (Å²) in [4.78, 5) is 16.3. The highest BCUT2D eigenvalue weighted by Crippen LogP contribution is 2.23. The van der Waals surface area contributed by atoms with E-state index in [1.165, 1.54) is 0 Å². The van der Waals surface area contributed by atoms with Gasteiger partial charge in [0.1, 0.15) is 0 Å². The van der Waals surface area contributed by atoms with Gasteiger partial charge >= 0.3 is 6.03 Å². The maximum absolute atomic E-state index is 11.7. The summed E-state index contributed by atoms with van der Waals surface area (Å²) in [6, 6.07) is -0.102. The fraction of sp³-hybridized carbons (Fsp3) is 0.733. The summed E-state index contributed by atoms with van der Waals surface area (Å²) in [5.74, 6) is 0.462. The van der Waals surface area contributed by atoms with Crippen molar-refractivity contribution in [3.05, 3.63) is 16.1 Å². The molecule has 0 aliphatic carbocycles. The zero-order valence-corrected chi connectivity index (χ0v) is 13.9. The van der Waals surface area contributed by atoms with Crippen molar-refractivity contribution in [1.82, 2.24) is 15.6 Å². The number of aromatic nitrogens is 1. The van der Waals surface area contributed by atoms with Gasteiger partial charge in [-0.15, -0.1) is 11.3 Å². The van der Waals surface area contributed by atoms with Gasteiger partial charge in [-0.25, -0.2) is 9.78 Å². The third-order valence-electron chi connectivity index (χ3n) is 3.52. The number of thiazole rings is 1. The second kappa shape index (κ2) is 7.22. The molecule has 2 N–H and O–H groups in total. The smallest absolute Gasteiger partial charge is 0.314 e. The minimum atomic E-state index is -0.102. The van der Waals surface area contributed by atoms with E-state index < -0.39 is 0 Å². The molecule has 1 fully saturated rings. The Hall–Kier alpha value is -1.14. The van der Waals surface area contributed by atoms with Crippen molar-refractivity contribution in [3.8, 4) is 0 Å². The van der Waals surface area contributed by atoms with Crippen molar-refractivity contribution in [2.75, 3.05) is 26.3 Å². The van der Waals surface area contributed by atoms with E-state index in [0.29, 0.717) is 19.0 Å². The van der Waals surface area contributed by atoms with E-state index in [4.69, 9.17) is 4.74 Å². The van der Waals surface area contributed by atoms with E-state index in [0.717, 1.165) is 36.8 Å². The van der Waals surface area contributed by atoms with Crippen molar-refractivity contribution in [2.24, 2.45) is 5.92 Å². The molecule has 0 spiro atoms. The van der Waals surface area contributed by atoms with Gasteiger partial charge in [0.15, 0.2) is 0 Å². The fourth-order valence-electron chi connectivity index (χ4n) is 2.10. The molecule has 1 saturated heterocycles. The van der Waals surface area contributed by atoms with E-state index >= 15 is 0 Å². The maximum atomic E-state index is 11.7. The van der Waals surface area contributed by atoms with Crippen LogP contribution in [0.15, 0.2) is 5.38 Å². The summed E-state index contributed by atoms with van der Waals surface area (Å²) in [5, 5.41) is 8.95. The van der Waals surface area contributed by atoms with Gasteiger partial charge in [-0.05, 0) is 6.42 Å². The van der Waals surface area contributed by atoms with Gasteiger partial charge in [0.05, 0.1) is 17.3 Å². The Morgan fingerprint density at radius 2 is 2.29 bits per heavy atom. The number of nitrogens with zero attached hydrogens (tertiary/aromatic N) is 1. The topological polar surface area (TPSA) is 63.2 Å². The summed E-state index contributed by atoms with van der Waals surface area (Å²) in [7, 11) is 0. The normalized spacial score (nSPS) is 18.7. The fourth-order valence-corrected chi connectivity index (χ4v) is 3.12. The predicted octanol–water partition coefficient (Wildman–Crippen LogP) is 2.32. The van der Waals surface area contributed by atoms with Crippen molar-refractivity contribution < 1.29 is 9.53 Å². The zero-order valence-electron chi connectivity index (χ0n) is 13.1. The molecule has 0 aromatic carbocycles. The van der Waals surface area contributed by atoms with Crippen LogP contribution < -0.4 is 10.6 Å². The third kappa shape index (κ3) is 5.28. The summed E-state index contributed by atoms with van der Waals surface area (Å²) in [6.45, 7) is 9.35. The highest BCUT2D eigenvalue weighted by atomic mass is 32.1. The van der Waals surface area contributed by atoms with Crippen LogP contribution in [-0.4, -0.2) is 37.3 Å². The van der Waals surface area contributed by atoms with Gasteiger partial charge in [0, 0.05) is 42.8 Å². The van der Waals surface area contributed by atoms with Crippen LogP contribution in [0.4, 0.5) is 4.79 Å². The Labute approximate surface area is 130 Å². The molecule has 2 rings (SSSR count). The van der Waals surface area contributed by atoms with Crippen LogP contribution in [0.2, 0.25) is 0 Å². The number of ether oxygens (including phenoxy) is 1. The Bertz CT molecular complexity index is 462. The zero-order chi connectivity index (χ0) is 15.3. The van der Waals surface area contributed by atoms with Crippen molar-refractivity contribution in [1.29, 1.82) is 0 Å². The Morgan fingerprint density at radius 1 is 1.48 bits per heavy atom. The Morgan fingerprint density at radius 3 is 2.90 bits per heavy atom. The molecule has 6 heteroatoms.